The Hall–Kier alpha value is -2.61. The minimum absolute atomic E-state index is 0.449. The Labute approximate surface area is 228 Å². The van der Waals surface area contributed by atoms with Crippen LogP contribution in [0.5, 0.6) is 0 Å². The highest BCUT2D eigenvalue weighted by Crippen LogP contribution is 2.32. The van der Waals surface area contributed by atoms with Crippen LogP contribution < -0.4 is 5.73 Å². The first-order valence-corrected chi connectivity index (χ1v) is 14.5. The molecule has 0 saturated heterocycles. The van der Waals surface area contributed by atoms with Gasteiger partial charge in [-0.05, 0) is 44.1 Å². The summed E-state index contributed by atoms with van der Waals surface area (Å²) in [6.45, 7) is 13.3. The molecule has 2 N–H and O–H groups in total. The smallest absolute Gasteiger partial charge is 0.152 e. The Morgan fingerprint density at radius 1 is 0.892 bits per heavy atom. The minimum Gasteiger partial charge on any atom is -0.382 e. The number of aromatic nitrogens is 3. The van der Waals surface area contributed by atoms with Crippen LogP contribution in [0.2, 0.25) is 0 Å². The molecule has 0 radical (unpaired) electrons. The molecule has 0 saturated carbocycles. The number of fused-ring (bicyclic) bond motifs is 3. The van der Waals surface area contributed by atoms with E-state index in [1.165, 1.54) is 0 Å². The van der Waals surface area contributed by atoms with E-state index in [1.807, 2.05) is 71.7 Å². The third-order valence-electron chi connectivity index (χ3n) is 5.29. The summed E-state index contributed by atoms with van der Waals surface area (Å²) in [6.07, 6.45) is 2.19. The zero-order chi connectivity index (χ0) is 27.8. The molecule has 0 aliphatic carbocycles. The number of unbranched alkanes of at least 4 members (excludes halogenated alkanes) is 1. The van der Waals surface area contributed by atoms with Gasteiger partial charge >= 0.3 is 0 Å². The predicted molar refractivity (Wildman–Crippen MR) is 165 cm³/mol. The quantitative estimate of drug-likeness (QED) is 0.176. The zero-order valence-corrected chi connectivity index (χ0v) is 25.2. The number of benzene rings is 2. The maximum Gasteiger partial charge on any atom is 0.152 e. The molecule has 204 valence electrons. The number of nitrogen functional groups attached to an aromatic ring is 1. The molecule has 0 aliphatic heterocycles. The SMILES string of the molecule is CC.CC.CC.COCc1nc2c(N)nc3cc(-c4ccccc4)ccc3c2n1CCCCSN(C)C. The maximum absolute atomic E-state index is 6.36. The van der Waals surface area contributed by atoms with Gasteiger partial charge in [0.15, 0.2) is 5.82 Å². The van der Waals surface area contributed by atoms with E-state index in [2.05, 4.69) is 58.3 Å². The summed E-state index contributed by atoms with van der Waals surface area (Å²) < 4.78 is 9.84. The molecule has 0 amide bonds. The van der Waals surface area contributed by atoms with Crippen molar-refractivity contribution in [2.45, 2.75) is 67.5 Å². The summed E-state index contributed by atoms with van der Waals surface area (Å²) in [5.41, 5.74) is 11.4. The second-order valence-electron chi connectivity index (χ2n) is 7.76. The number of aryl methyl sites for hydroxylation is 1. The summed E-state index contributed by atoms with van der Waals surface area (Å²) in [5.74, 6) is 2.46. The molecule has 2 aromatic carbocycles. The third kappa shape index (κ3) is 8.73. The van der Waals surface area contributed by atoms with Crippen LogP contribution >= 0.6 is 11.9 Å². The highest BCUT2D eigenvalue weighted by atomic mass is 32.2. The van der Waals surface area contributed by atoms with Gasteiger partial charge in [-0.1, -0.05) is 96.0 Å². The zero-order valence-electron chi connectivity index (χ0n) is 24.3. The van der Waals surface area contributed by atoms with Crippen LogP contribution in [-0.4, -0.2) is 45.8 Å². The van der Waals surface area contributed by atoms with Gasteiger partial charge in [0.25, 0.3) is 0 Å². The molecule has 0 spiro atoms. The number of methoxy groups -OCH3 is 1. The monoisotopic (exact) mass is 525 g/mol. The topological polar surface area (TPSA) is 69.2 Å². The average Bonchev–Trinajstić information content (AvgIpc) is 3.31. The van der Waals surface area contributed by atoms with Crippen molar-refractivity contribution in [1.29, 1.82) is 0 Å². The van der Waals surface area contributed by atoms with Crippen molar-refractivity contribution in [2.24, 2.45) is 0 Å². The first-order chi connectivity index (χ1) is 18.1. The molecule has 4 rings (SSSR count). The van der Waals surface area contributed by atoms with Gasteiger partial charge in [0, 0.05) is 24.8 Å². The Morgan fingerprint density at radius 2 is 1.57 bits per heavy atom. The number of rotatable bonds is 9. The summed E-state index contributed by atoms with van der Waals surface area (Å²) in [4.78, 5) is 9.48. The molecule has 7 heteroatoms. The lowest BCUT2D eigenvalue weighted by Crippen LogP contribution is -2.07. The van der Waals surface area contributed by atoms with E-state index in [1.54, 1.807) is 7.11 Å². The molecule has 0 atom stereocenters. The molecule has 0 fully saturated rings. The molecule has 0 aliphatic rings. The van der Waals surface area contributed by atoms with Gasteiger partial charge in [-0.2, -0.15) is 0 Å². The number of pyridine rings is 1. The van der Waals surface area contributed by atoms with Crippen molar-refractivity contribution in [3.63, 3.8) is 0 Å². The summed E-state index contributed by atoms with van der Waals surface area (Å²) in [6, 6.07) is 16.7. The lowest BCUT2D eigenvalue weighted by atomic mass is 10.0. The number of anilines is 1. The fourth-order valence-corrected chi connectivity index (χ4v) is 4.57. The molecular weight excluding hydrogens is 478 g/mol. The summed E-state index contributed by atoms with van der Waals surface area (Å²) in [7, 11) is 5.86. The Balaban J connectivity index is 0.00000106. The van der Waals surface area contributed by atoms with Crippen molar-refractivity contribution in [3.05, 3.63) is 54.4 Å². The number of ether oxygens (including phenoxy) is 1. The first kappa shape index (κ1) is 32.4. The van der Waals surface area contributed by atoms with Gasteiger partial charge in [-0.15, -0.1) is 0 Å². The molecule has 37 heavy (non-hydrogen) atoms. The van der Waals surface area contributed by atoms with Crippen LogP contribution in [0.15, 0.2) is 48.5 Å². The van der Waals surface area contributed by atoms with E-state index in [0.29, 0.717) is 12.4 Å². The van der Waals surface area contributed by atoms with Crippen molar-refractivity contribution in [2.75, 3.05) is 32.7 Å². The number of nitrogens with two attached hydrogens (primary N) is 1. The Kier molecular flexibility index (Phi) is 15.6. The summed E-state index contributed by atoms with van der Waals surface area (Å²) in [5, 5.41) is 1.07. The third-order valence-corrected chi connectivity index (χ3v) is 6.28. The van der Waals surface area contributed by atoms with Gasteiger partial charge in [-0.25, -0.2) is 9.97 Å². The van der Waals surface area contributed by atoms with Crippen LogP contribution in [0.25, 0.3) is 33.1 Å². The lowest BCUT2D eigenvalue weighted by molar-refractivity contribution is 0.174. The molecule has 4 aromatic rings. The highest BCUT2D eigenvalue weighted by Gasteiger charge is 2.17. The fraction of sp³-hybridized carbons (Fsp3) is 0.467. The lowest BCUT2D eigenvalue weighted by Gasteiger charge is -2.12. The maximum atomic E-state index is 6.36. The molecule has 0 bridgehead atoms. The molecule has 2 aromatic heterocycles. The average molecular weight is 526 g/mol. The van der Waals surface area contributed by atoms with E-state index in [9.17, 15) is 0 Å². The number of imidazole rings is 1. The van der Waals surface area contributed by atoms with Crippen LogP contribution in [0.4, 0.5) is 5.82 Å². The second-order valence-corrected chi connectivity index (χ2v) is 9.15. The number of hydrogen-bond donors (Lipinski definition) is 1. The van der Waals surface area contributed by atoms with E-state index >= 15 is 0 Å². The number of hydrogen-bond acceptors (Lipinski definition) is 6. The molecule has 6 nitrogen and oxygen atoms in total. The van der Waals surface area contributed by atoms with E-state index < -0.39 is 0 Å². The van der Waals surface area contributed by atoms with E-state index in [4.69, 9.17) is 15.5 Å². The Bertz CT molecular complexity index is 1180. The fourth-order valence-electron chi connectivity index (χ4n) is 3.87. The number of nitrogens with zero attached hydrogens (tertiary/aromatic N) is 4. The van der Waals surface area contributed by atoms with Crippen molar-refractivity contribution < 1.29 is 4.74 Å². The van der Waals surface area contributed by atoms with Crippen LogP contribution in [0.1, 0.15) is 60.2 Å². The van der Waals surface area contributed by atoms with E-state index in [0.717, 1.165) is 64.0 Å². The van der Waals surface area contributed by atoms with Gasteiger partial charge in [0.05, 0.1) is 11.0 Å². The highest BCUT2D eigenvalue weighted by molar-refractivity contribution is 7.96. The van der Waals surface area contributed by atoms with Crippen molar-refractivity contribution in [3.8, 4) is 11.1 Å². The van der Waals surface area contributed by atoms with Crippen LogP contribution in [0, 0.1) is 0 Å². The minimum atomic E-state index is 0.449. The molecule has 2 heterocycles. The standard InChI is InChI=1S/C24H29N5OS.3C2H6/c1-28(2)31-14-8-7-13-29-21(16-30-3)27-22-23(29)19-12-11-18(15-20(19)26-24(22)25)17-9-5-4-6-10-17;3*1-2/h4-6,9-12,15H,7-8,13-14,16H2,1-3H3,(H2,25,26);3*1-2H3. The second kappa shape index (κ2) is 17.8. The van der Waals surface area contributed by atoms with Gasteiger partial charge in [0.1, 0.15) is 17.9 Å². The van der Waals surface area contributed by atoms with Crippen LogP contribution in [0.3, 0.4) is 0 Å². The van der Waals surface area contributed by atoms with E-state index in [-0.39, 0.29) is 0 Å². The first-order valence-electron chi connectivity index (χ1n) is 13.5. The van der Waals surface area contributed by atoms with Crippen molar-refractivity contribution in [1.82, 2.24) is 18.8 Å². The largest absolute Gasteiger partial charge is 0.382 e. The van der Waals surface area contributed by atoms with Crippen LogP contribution in [-0.2, 0) is 17.9 Å². The van der Waals surface area contributed by atoms with Crippen molar-refractivity contribution >= 4 is 39.7 Å². The molecule has 0 unspecified atom stereocenters. The van der Waals surface area contributed by atoms with Gasteiger partial charge in [0.2, 0.25) is 0 Å². The predicted octanol–water partition coefficient (Wildman–Crippen LogP) is 8.05. The van der Waals surface area contributed by atoms with Gasteiger partial charge < -0.3 is 15.0 Å². The Morgan fingerprint density at radius 3 is 2.19 bits per heavy atom. The summed E-state index contributed by atoms with van der Waals surface area (Å²) >= 11 is 1.84. The normalized spacial score (nSPS) is 10.3. The molecular formula is C30H47N5OS. The van der Waals surface area contributed by atoms with Gasteiger partial charge in [-0.3, -0.25) is 4.31 Å².